The van der Waals surface area contributed by atoms with Crippen LogP contribution in [0.2, 0.25) is 0 Å². The van der Waals surface area contributed by atoms with E-state index in [0.717, 1.165) is 49.2 Å². The molecule has 166 valence electrons. The summed E-state index contributed by atoms with van der Waals surface area (Å²) in [5.74, 6) is 0. The predicted octanol–water partition coefficient (Wildman–Crippen LogP) is 5.67. The van der Waals surface area contributed by atoms with Crippen LogP contribution in [0.5, 0.6) is 0 Å². The Labute approximate surface area is 191 Å². The van der Waals surface area contributed by atoms with Gasteiger partial charge in [-0.3, -0.25) is 0 Å². The molecule has 0 aliphatic heterocycles. The Morgan fingerprint density at radius 2 is 1.47 bits per heavy atom. The number of hydrogen-bond donors (Lipinski definition) is 3. The van der Waals surface area contributed by atoms with Crippen molar-refractivity contribution in [3.8, 4) is 11.3 Å². The monoisotopic (exact) mass is 427 g/mol. The zero-order chi connectivity index (χ0) is 22.7. The molecule has 4 nitrogen and oxygen atoms in total. The molecule has 1 aromatic heterocycles. The minimum atomic E-state index is 0.192. The summed E-state index contributed by atoms with van der Waals surface area (Å²) in [5.41, 5.74) is 17.8. The van der Waals surface area contributed by atoms with Gasteiger partial charge in [0.1, 0.15) is 0 Å². The topological polar surface area (TPSA) is 68.0 Å². The maximum Gasteiger partial charge on any atom is 0.220 e. The molecule has 4 heteroatoms. The van der Waals surface area contributed by atoms with Gasteiger partial charge < -0.3 is 16.8 Å². The van der Waals surface area contributed by atoms with Crippen LogP contribution < -0.4 is 21.4 Å². The summed E-state index contributed by atoms with van der Waals surface area (Å²) in [7, 11) is 0. The highest BCUT2D eigenvalue weighted by Crippen LogP contribution is 2.33. The summed E-state index contributed by atoms with van der Waals surface area (Å²) in [5, 5.41) is 7.35. The molecule has 0 fully saturated rings. The first kappa shape index (κ1) is 22.1. The van der Waals surface area contributed by atoms with Crippen molar-refractivity contribution >= 4 is 33.1 Å². The number of nitrogen functional groups attached to an aromatic ring is 2. The molecular weight excluding hydrogens is 392 g/mol. The molecule has 0 aliphatic carbocycles. The van der Waals surface area contributed by atoms with Crippen molar-refractivity contribution in [3.63, 3.8) is 0 Å². The van der Waals surface area contributed by atoms with Gasteiger partial charge in [0.25, 0.3) is 0 Å². The van der Waals surface area contributed by atoms with Gasteiger partial charge in [0.05, 0.1) is 10.8 Å². The standard InChI is InChI=1S/C28H34N4/c1-4-28(3,5-2)31-16-9-17-32-26-19-22(30)13-15-24(26)23-14-12-21(29)18-25(23)27(32)20-10-7-6-8-11-20/h6-8,10-15,18-19,30-31H,4-5,9,16-17,29H2,1-3H3/p+1. The third kappa shape index (κ3) is 4.28. The van der Waals surface area contributed by atoms with E-state index in [0.29, 0.717) is 0 Å². The van der Waals surface area contributed by atoms with Crippen LogP contribution in [0.4, 0.5) is 11.4 Å². The molecule has 0 radical (unpaired) electrons. The van der Waals surface area contributed by atoms with E-state index in [2.05, 4.69) is 85.3 Å². The number of anilines is 2. The maximum atomic E-state index is 6.25. The van der Waals surface area contributed by atoms with Gasteiger partial charge in [-0.15, -0.1) is 0 Å². The van der Waals surface area contributed by atoms with Gasteiger partial charge in [0, 0.05) is 46.9 Å². The Morgan fingerprint density at radius 3 is 2.16 bits per heavy atom. The second-order valence-corrected chi connectivity index (χ2v) is 9.00. The Hall–Kier alpha value is -3.11. The average Bonchev–Trinajstić information content (AvgIpc) is 2.81. The van der Waals surface area contributed by atoms with Crippen LogP contribution in [0.25, 0.3) is 32.9 Å². The molecule has 0 bridgehead atoms. The molecule has 1 heterocycles. The largest absolute Gasteiger partial charge is 0.399 e. The highest BCUT2D eigenvalue weighted by Gasteiger charge is 2.24. The zero-order valence-electron chi connectivity index (χ0n) is 19.5. The molecule has 0 amide bonds. The van der Waals surface area contributed by atoms with Gasteiger partial charge in [-0.25, -0.2) is 0 Å². The van der Waals surface area contributed by atoms with Crippen LogP contribution in [0.3, 0.4) is 0 Å². The van der Waals surface area contributed by atoms with Gasteiger partial charge in [-0.05, 0) is 56.2 Å². The first-order chi connectivity index (χ1) is 15.5. The van der Waals surface area contributed by atoms with Crippen LogP contribution in [0, 0.1) is 0 Å². The highest BCUT2D eigenvalue weighted by molar-refractivity contribution is 6.10. The van der Waals surface area contributed by atoms with Crippen molar-refractivity contribution in [2.24, 2.45) is 0 Å². The Balaban J connectivity index is 1.87. The summed E-state index contributed by atoms with van der Waals surface area (Å²) in [6, 6.07) is 23.1. The van der Waals surface area contributed by atoms with Crippen LogP contribution >= 0.6 is 0 Å². The predicted molar refractivity (Wildman–Crippen MR) is 138 cm³/mol. The normalized spacial score (nSPS) is 12.0. The van der Waals surface area contributed by atoms with Crippen molar-refractivity contribution in [3.05, 3.63) is 66.7 Å². The molecule has 0 saturated heterocycles. The Kier molecular flexibility index (Phi) is 6.33. The quantitative estimate of drug-likeness (QED) is 0.147. The smallest absolute Gasteiger partial charge is 0.220 e. The summed E-state index contributed by atoms with van der Waals surface area (Å²) < 4.78 is 2.43. The molecule has 4 rings (SSSR count). The number of hydrogen-bond acceptors (Lipinski definition) is 3. The first-order valence-corrected chi connectivity index (χ1v) is 11.7. The summed E-state index contributed by atoms with van der Waals surface area (Å²) in [6.07, 6.45) is 3.28. The van der Waals surface area contributed by atoms with E-state index in [1.54, 1.807) is 0 Å². The lowest BCUT2D eigenvalue weighted by Gasteiger charge is -2.28. The molecule has 5 N–H and O–H groups in total. The van der Waals surface area contributed by atoms with E-state index < -0.39 is 0 Å². The Morgan fingerprint density at radius 1 is 0.812 bits per heavy atom. The van der Waals surface area contributed by atoms with Crippen molar-refractivity contribution in [2.45, 2.75) is 52.1 Å². The fourth-order valence-electron chi connectivity index (χ4n) is 4.53. The van der Waals surface area contributed by atoms with Crippen LogP contribution in [-0.2, 0) is 6.54 Å². The van der Waals surface area contributed by atoms with E-state index in [1.165, 1.54) is 27.4 Å². The van der Waals surface area contributed by atoms with Crippen LogP contribution in [-0.4, -0.2) is 12.1 Å². The number of nitrogens with two attached hydrogens (primary N) is 2. The second kappa shape index (κ2) is 9.17. The number of benzene rings is 3. The molecule has 32 heavy (non-hydrogen) atoms. The maximum absolute atomic E-state index is 6.25. The number of nitrogens with one attached hydrogen (secondary N) is 1. The average molecular weight is 428 g/mol. The van der Waals surface area contributed by atoms with E-state index in [9.17, 15) is 0 Å². The lowest BCUT2D eigenvalue weighted by Crippen LogP contribution is -2.44. The third-order valence-corrected chi connectivity index (χ3v) is 6.89. The Bertz CT molecular complexity index is 1230. The highest BCUT2D eigenvalue weighted by atomic mass is 15.0. The van der Waals surface area contributed by atoms with Gasteiger partial charge >= 0.3 is 0 Å². The molecule has 0 aliphatic rings. The lowest BCUT2D eigenvalue weighted by atomic mass is 9.95. The van der Waals surface area contributed by atoms with E-state index in [1.807, 2.05) is 12.1 Å². The molecule has 0 saturated carbocycles. The SMILES string of the molecule is CCC(C)(CC)NCCC[n+]1c(-c2ccccc2)c2cc(N)ccc2c2ccc(N)cc21. The van der Waals surface area contributed by atoms with Gasteiger partial charge in [0.15, 0.2) is 6.54 Å². The van der Waals surface area contributed by atoms with Gasteiger partial charge in [-0.2, -0.15) is 4.57 Å². The first-order valence-electron chi connectivity index (χ1n) is 11.7. The number of pyridine rings is 1. The second-order valence-electron chi connectivity index (χ2n) is 9.00. The summed E-state index contributed by atoms with van der Waals surface area (Å²) in [6.45, 7) is 8.68. The minimum Gasteiger partial charge on any atom is -0.399 e. The van der Waals surface area contributed by atoms with Crippen LogP contribution in [0.15, 0.2) is 66.7 Å². The number of fused-ring (bicyclic) bond motifs is 3. The number of aromatic nitrogens is 1. The fraction of sp³-hybridized carbons (Fsp3) is 0.321. The van der Waals surface area contributed by atoms with Crippen molar-refractivity contribution in [1.82, 2.24) is 5.32 Å². The number of rotatable bonds is 8. The number of nitrogens with zero attached hydrogens (tertiary/aromatic N) is 1. The van der Waals surface area contributed by atoms with Crippen molar-refractivity contribution in [1.29, 1.82) is 0 Å². The van der Waals surface area contributed by atoms with Gasteiger partial charge in [0.2, 0.25) is 11.2 Å². The van der Waals surface area contributed by atoms with E-state index >= 15 is 0 Å². The molecular formula is C28H35N4+. The van der Waals surface area contributed by atoms with Crippen molar-refractivity contribution < 1.29 is 4.57 Å². The molecule has 0 unspecified atom stereocenters. The summed E-state index contributed by atoms with van der Waals surface area (Å²) in [4.78, 5) is 0. The lowest BCUT2D eigenvalue weighted by molar-refractivity contribution is -0.659. The molecule has 0 atom stereocenters. The van der Waals surface area contributed by atoms with Gasteiger partial charge in [-0.1, -0.05) is 38.1 Å². The zero-order valence-corrected chi connectivity index (χ0v) is 19.5. The summed E-state index contributed by atoms with van der Waals surface area (Å²) >= 11 is 0. The third-order valence-electron chi connectivity index (χ3n) is 6.89. The number of aryl methyl sites for hydroxylation is 1. The van der Waals surface area contributed by atoms with Crippen molar-refractivity contribution in [2.75, 3.05) is 18.0 Å². The van der Waals surface area contributed by atoms with E-state index in [4.69, 9.17) is 11.5 Å². The fourth-order valence-corrected chi connectivity index (χ4v) is 4.53. The molecule has 3 aromatic carbocycles. The minimum absolute atomic E-state index is 0.192. The molecule has 4 aromatic rings. The van der Waals surface area contributed by atoms with Crippen LogP contribution in [0.1, 0.15) is 40.0 Å². The van der Waals surface area contributed by atoms with E-state index in [-0.39, 0.29) is 5.54 Å². The molecule has 0 spiro atoms.